The Morgan fingerprint density at radius 1 is 1.23 bits per heavy atom. The van der Waals surface area contributed by atoms with Gasteiger partial charge in [-0.2, -0.15) is 0 Å². The topological polar surface area (TPSA) is 113 Å². The van der Waals surface area contributed by atoms with Crippen molar-refractivity contribution in [2.75, 3.05) is 6.54 Å². The minimum atomic E-state index is -4.06. The van der Waals surface area contributed by atoms with Gasteiger partial charge in [-0.3, -0.25) is 14.9 Å². The SMILES string of the molecule is CC(C)NC(=O)NC(=O)CN1C(=O)c2ccccc2S1(=O)=O. The third-order valence-corrected chi connectivity index (χ3v) is 4.66. The van der Waals surface area contributed by atoms with E-state index in [-0.39, 0.29) is 16.5 Å². The molecule has 0 radical (unpaired) electrons. The van der Waals surface area contributed by atoms with Gasteiger partial charge in [-0.15, -0.1) is 0 Å². The lowest BCUT2D eigenvalue weighted by molar-refractivity contribution is -0.119. The molecule has 0 bridgehead atoms. The number of carbonyl (C=O) groups is 3. The van der Waals surface area contributed by atoms with Crippen LogP contribution in [-0.2, 0) is 14.8 Å². The van der Waals surface area contributed by atoms with E-state index in [1.165, 1.54) is 24.3 Å². The van der Waals surface area contributed by atoms with E-state index >= 15 is 0 Å². The van der Waals surface area contributed by atoms with Gasteiger partial charge in [0.15, 0.2) is 0 Å². The van der Waals surface area contributed by atoms with Crippen LogP contribution in [0.5, 0.6) is 0 Å². The quantitative estimate of drug-likeness (QED) is 0.816. The highest BCUT2D eigenvalue weighted by molar-refractivity contribution is 7.90. The highest BCUT2D eigenvalue weighted by Gasteiger charge is 2.41. The molecule has 9 heteroatoms. The van der Waals surface area contributed by atoms with E-state index in [4.69, 9.17) is 0 Å². The molecule has 2 N–H and O–H groups in total. The number of rotatable bonds is 3. The molecule has 1 heterocycles. The molecule has 1 aliphatic rings. The fraction of sp³-hybridized carbons (Fsp3) is 0.308. The minimum absolute atomic E-state index is 0.0157. The maximum absolute atomic E-state index is 12.2. The number of nitrogens with zero attached hydrogens (tertiary/aromatic N) is 1. The summed E-state index contributed by atoms with van der Waals surface area (Å²) in [5, 5.41) is 4.40. The number of sulfonamides is 1. The van der Waals surface area contributed by atoms with Gasteiger partial charge in [-0.05, 0) is 26.0 Å². The van der Waals surface area contributed by atoms with Gasteiger partial charge in [0.25, 0.3) is 15.9 Å². The zero-order chi connectivity index (χ0) is 16.5. The van der Waals surface area contributed by atoms with Crippen molar-refractivity contribution in [1.29, 1.82) is 0 Å². The van der Waals surface area contributed by atoms with E-state index in [1.807, 2.05) is 5.32 Å². The van der Waals surface area contributed by atoms with Crippen LogP contribution in [0.3, 0.4) is 0 Å². The molecule has 0 saturated heterocycles. The lowest BCUT2D eigenvalue weighted by Gasteiger charge is -2.15. The first-order chi connectivity index (χ1) is 10.2. The van der Waals surface area contributed by atoms with E-state index in [0.717, 1.165) is 0 Å². The van der Waals surface area contributed by atoms with E-state index in [0.29, 0.717) is 4.31 Å². The monoisotopic (exact) mass is 325 g/mol. The Kier molecular flexibility index (Phi) is 4.18. The number of carbonyl (C=O) groups excluding carboxylic acids is 3. The van der Waals surface area contributed by atoms with Crippen molar-refractivity contribution in [2.24, 2.45) is 0 Å². The number of benzene rings is 1. The fourth-order valence-corrected chi connectivity index (χ4v) is 3.51. The number of hydrogen-bond donors (Lipinski definition) is 2. The molecule has 0 aromatic heterocycles. The van der Waals surface area contributed by atoms with Crippen LogP contribution in [0.25, 0.3) is 0 Å². The molecule has 0 aliphatic carbocycles. The van der Waals surface area contributed by atoms with Crippen LogP contribution >= 0.6 is 0 Å². The van der Waals surface area contributed by atoms with Crippen LogP contribution in [0.15, 0.2) is 29.2 Å². The molecule has 1 aromatic rings. The highest BCUT2D eigenvalue weighted by atomic mass is 32.2. The van der Waals surface area contributed by atoms with Crippen molar-refractivity contribution in [2.45, 2.75) is 24.8 Å². The molecule has 0 spiro atoms. The average molecular weight is 325 g/mol. The molecule has 0 atom stereocenters. The summed E-state index contributed by atoms with van der Waals surface area (Å²) in [4.78, 5) is 35.1. The first-order valence-corrected chi connectivity index (χ1v) is 7.94. The second-order valence-corrected chi connectivity index (χ2v) is 6.82. The van der Waals surface area contributed by atoms with E-state index in [1.54, 1.807) is 13.8 Å². The summed E-state index contributed by atoms with van der Waals surface area (Å²) in [7, 11) is -4.06. The van der Waals surface area contributed by atoms with Crippen LogP contribution in [0.2, 0.25) is 0 Å². The summed E-state index contributed by atoms with van der Waals surface area (Å²) in [6.07, 6.45) is 0. The number of imide groups is 1. The minimum Gasteiger partial charge on any atom is -0.336 e. The van der Waals surface area contributed by atoms with E-state index in [2.05, 4.69) is 5.32 Å². The molecular formula is C13H15N3O5S. The van der Waals surface area contributed by atoms with Crippen molar-refractivity contribution in [3.8, 4) is 0 Å². The third-order valence-electron chi connectivity index (χ3n) is 2.87. The summed E-state index contributed by atoms with van der Waals surface area (Å²) in [6.45, 7) is 2.66. The number of nitrogens with one attached hydrogen (secondary N) is 2. The molecule has 22 heavy (non-hydrogen) atoms. The first-order valence-electron chi connectivity index (χ1n) is 6.50. The van der Waals surface area contributed by atoms with Gasteiger partial charge in [0.1, 0.15) is 11.4 Å². The summed E-state index contributed by atoms with van der Waals surface area (Å²) in [6, 6.07) is 4.76. The molecule has 4 amide bonds. The Bertz CT molecular complexity index is 742. The standard InChI is InChI=1S/C13H15N3O5S/c1-8(2)14-13(19)15-11(17)7-16-12(18)9-5-3-4-6-10(9)22(16,20)21/h3-6,8H,7H2,1-2H3,(H2,14,15,17,19). The van der Waals surface area contributed by atoms with Gasteiger partial charge >= 0.3 is 6.03 Å². The van der Waals surface area contributed by atoms with Crippen LogP contribution in [0.4, 0.5) is 4.79 Å². The summed E-state index contributed by atoms with van der Waals surface area (Å²) in [5.41, 5.74) is 0.0157. The second-order valence-electron chi connectivity index (χ2n) is 4.99. The van der Waals surface area contributed by atoms with Gasteiger partial charge < -0.3 is 5.32 Å². The highest BCUT2D eigenvalue weighted by Crippen LogP contribution is 2.29. The van der Waals surface area contributed by atoms with Crippen molar-refractivity contribution < 1.29 is 22.8 Å². The Morgan fingerprint density at radius 3 is 2.45 bits per heavy atom. The predicted octanol–water partition coefficient (Wildman–Crippen LogP) is 0.0653. The number of hydrogen-bond acceptors (Lipinski definition) is 5. The van der Waals surface area contributed by atoms with Crippen LogP contribution in [-0.4, -0.2) is 43.2 Å². The van der Waals surface area contributed by atoms with Gasteiger partial charge in [-0.25, -0.2) is 17.5 Å². The zero-order valence-electron chi connectivity index (χ0n) is 12.0. The molecule has 118 valence electrons. The van der Waals surface area contributed by atoms with Crippen LogP contribution < -0.4 is 10.6 Å². The van der Waals surface area contributed by atoms with Crippen LogP contribution in [0.1, 0.15) is 24.2 Å². The first kappa shape index (κ1) is 16.0. The summed E-state index contributed by atoms with van der Waals surface area (Å²) in [5.74, 6) is -1.67. The summed E-state index contributed by atoms with van der Waals surface area (Å²) >= 11 is 0. The molecule has 1 aromatic carbocycles. The lowest BCUT2D eigenvalue weighted by Crippen LogP contribution is -2.47. The molecule has 1 aliphatic heterocycles. The van der Waals surface area contributed by atoms with E-state index < -0.39 is 34.4 Å². The zero-order valence-corrected chi connectivity index (χ0v) is 12.8. The summed E-state index contributed by atoms with van der Waals surface area (Å²) < 4.78 is 24.9. The smallest absolute Gasteiger partial charge is 0.321 e. The van der Waals surface area contributed by atoms with Gasteiger partial charge in [0.05, 0.1) is 5.56 Å². The number of amides is 4. The Hall–Kier alpha value is -2.42. The van der Waals surface area contributed by atoms with Crippen molar-refractivity contribution >= 4 is 27.9 Å². The second kappa shape index (κ2) is 5.76. The van der Waals surface area contributed by atoms with Gasteiger partial charge in [0, 0.05) is 6.04 Å². The Labute approximate surface area is 127 Å². The normalized spacial score (nSPS) is 15.6. The molecule has 0 unspecified atom stereocenters. The van der Waals surface area contributed by atoms with Gasteiger partial charge in [0.2, 0.25) is 5.91 Å². The van der Waals surface area contributed by atoms with Crippen molar-refractivity contribution in [1.82, 2.24) is 14.9 Å². The predicted molar refractivity (Wildman–Crippen MR) is 76.5 cm³/mol. The molecular weight excluding hydrogens is 310 g/mol. The fourth-order valence-electron chi connectivity index (χ4n) is 1.98. The van der Waals surface area contributed by atoms with Crippen molar-refractivity contribution in [3.05, 3.63) is 29.8 Å². The number of urea groups is 1. The maximum Gasteiger partial charge on any atom is 0.321 e. The number of fused-ring (bicyclic) bond motifs is 1. The molecule has 2 rings (SSSR count). The van der Waals surface area contributed by atoms with Crippen LogP contribution in [0, 0.1) is 0 Å². The van der Waals surface area contributed by atoms with Crippen molar-refractivity contribution in [3.63, 3.8) is 0 Å². The molecule has 8 nitrogen and oxygen atoms in total. The van der Waals surface area contributed by atoms with E-state index in [9.17, 15) is 22.8 Å². The Morgan fingerprint density at radius 2 is 1.86 bits per heavy atom. The molecule has 0 fully saturated rings. The maximum atomic E-state index is 12.2. The lowest BCUT2D eigenvalue weighted by atomic mass is 10.2. The third kappa shape index (κ3) is 2.93. The Balaban J connectivity index is 2.13. The van der Waals surface area contributed by atoms with Gasteiger partial charge in [-0.1, -0.05) is 12.1 Å². The average Bonchev–Trinajstić information content (AvgIpc) is 2.60. The largest absolute Gasteiger partial charge is 0.336 e. The molecule has 0 saturated carbocycles.